The Balaban J connectivity index is 1.57. The third-order valence-electron chi connectivity index (χ3n) is 4.10. The van der Waals surface area contributed by atoms with Crippen molar-refractivity contribution in [3.8, 4) is 0 Å². The second kappa shape index (κ2) is 6.81. The number of anilines is 1. The van der Waals surface area contributed by atoms with Gasteiger partial charge in [-0.3, -0.25) is 19.3 Å². The zero-order valence-corrected chi connectivity index (χ0v) is 15.4. The molecule has 0 aliphatic carbocycles. The number of imide groups is 1. The fourth-order valence-electron chi connectivity index (χ4n) is 2.77. The predicted molar refractivity (Wildman–Crippen MR) is 99.2 cm³/mol. The van der Waals surface area contributed by atoms with Crippen LogP contribution in [0, 0.1) is 0 Å². The number of furan rings is 1. The van der Waals surface area contributed by atoms with E-state index >= 15 is 0 Å². The van der Waals surface area contributed by atoms with Crippen LogP contribution in [0.5, 0.6) is 0 Å². The number of nitrogens with zero attached hydrogens (tertiary/aromatic N) is 2. The molecule has 3 aromatic rings. The molecular formula is C19H12BrN3O4. The van der Waals surface area contributed by atoms with E-state index in [1.807, 2.05) is 0 Å². The average Bonchev–Trinajstić information content (AvgIpc) is 3.26. The molecule has 1 aliphatic heterocycles. The number of pyridine rings is 1. The Morgan fingerprint density at radius 2 is 1.93 bits per heavy atom. The molecule has 7 nitrogen and oxygen atoms in total. The van der Waals surface area contributed by atoms with Crippen molar-refractivity contribution in [1.82, 2.24) is 9.88 Å². The van der Waals surface area contributed by atoms with E-state index in [2.05, 4.69) is 26.2 Å². The molecule has 4 rings (SSSR count). The quantitative estimate of drug-likeness (QED) is 0.645. The van der Waals surface area contributed by atoms with Gasteiger partial charge in [0.2, 0.25) is 0 Å². The maximum Gasteiger partial charge on any atom is 0.261 e. The van der Waals surface area contributed by atoms with Gasteiger partial charge in [0.1, 0.15) is 11.6 Å². The Kier molecular flexibility index (Phi) is 4.33. The van der Waals surface area contributed by atoms with Crippen molar-refractivity contribution >= 4 is 39.5 Å². The van der Waals surface area contributed by atoms with E-state index in [-0.39, 0.29) is 23.2 Å². The maximum absolute atomic E-state index is 12.6. The molecule has 1 aliphatic rings. The average molecular weight is 426 g/mol. The van der Waals surface area contributed by atoms with E-state index in [1.54, 1.807) is 30.5 Å². The minimum atomic E-state index is -0.456. The highest BCUT2D eigenvalue weighted by Crippen LogP contribution is 2.26. The Hall–Kier alpha value is -3.26. The van der Waals surface area contributed by atoms with E-state index in [0.717, 1.165) is 9.37 Å². The lowest BCUT2D eigenvalue weighted by Crippen LogP contribution is -2.28. The summed E-state index contributed by atoms with van der Waals surface area (Å²) < 4.78 is 6.00. The van der Waals surface area contributed by atoms with Crippen LogP contribution < -0.4 is 5.32 Å². The molecule has 0 unspecified atom stereocenters. The van der Waals surface area contributed by atoms with Crippen molar-refractivity contribution in [2.24, 2.45) is 0 Å². The first-order valence-electron chi connectivity index (χ1n) is 7.98. The van der Waals surface area contributed by atoms with Crippen molar-refractivity contribution in [1.29, 1.82) is 0 Å². The molecule has 134 valence electrons. The van der Waals surface area contributed by atoms with Gasteiger partial charge in [0.05, 0.1) is 23.9 Å². The molecule has 8 heteroatoms. The molecule has 1 N–H and O–H groups in total. The number of benzene rings is 1. The number of carbonyl (C=O) groups is 3. The van der Waals surface area contributed by atoms with Crippen LogP contribution in [0.25, 0.3) is 0 Å². The molecule has 1 aromatic carbocycles. The van der Waals surface area contributed by atoms with Crippen molar-refractivity contribution in [2.45, 2.75) is 6.54 Å². The molecule has 0 bridgehead atoms. The van der Waals surface area contributed by atoms with E-state index in [1.165, 1.54) is 24.5 Å². The van der Waals surface area contributed by atoms with Gasteiger partial charge in [-0.25, -0.2) is 4.98 Å². The van der Waals surface area contributed by atoms with Crippen LogP contribution in [0.15, 0.2) is 63.8 Å². The molecule has 3 heterocycles. The second-order valence-electron chi connectivity index (χ2n) is 5.85. The summed E-state index contributed by atoms with van der Waals surface area (Å²) in [6.07, 6.45) is 3.04. The lowest BCUT2D eigenvalue weighted by Gasteiger charge is -2.11. The van der Waals surface area contributed by atoms with Crippen LogP contribution in [-0.4, -0.2) is 27.6 Å². The molecule has 0 atom stereocenters. The Bertz CT molecular complexity index is 1050. The van der Waals surface area contributed by atoms with Gasteiger partial charge >= 0.3 is 0 Å². The summed E-state index contributed by atoms with van der Waals surface area (Å²) >= 11 is 3.27. The highest BCUT2D eigenvalue weighted by molar-refractivity contribution is 9.10. The number of hydrogen-bond donors (Lipinski definition) is 1. The normalized spacial score (nSPS) is 13.0. The highest BCUT2D eigenvalue weighted by Gasteiger charge is 2.36. The van der Waals surface area contributed by atoms with Gasteiger partial charge in [0.25, 0.3) is 17.7 Å². The largest absolute Gasteiger partial charge is 0.467 e. The van der Waals surface area contributed by atoms with E-state index in [4.69, 9.17) is 4.42 Å². The van der Waals surface area contributed by atoms with Crippen LogP contribution in [0.2, 0.25) is 0 Å². The summed E-state index contributed by atoms with van der Waals surface area (Å²) in [5.74, 6) is -0.401. The van der Waals surface area contributed by atoms with Gasteiger partial charge in [-0.1, -0.05) is 0 Å². The topological polar surface area (TPSA) is 92.5 Å². The first kappa shape index (κ1) is 17.2. The van der Waals surface area contributed by atoms with Crippen LogP contribution in [0.1, 0.15) is 36.8 Å². The molecule has 0 spiro atoms. The van der Waals surface area contributed by atoms with E-state index < -0.39 is 17.7 Å². The van der Waals surface area contributed by atoms with Gasteiger partial charge in [-0.2, -0.15) is 0 Å². The minimum Gasteiger partial charge on any atom is -0.467 e. The number of aromatic nitrogens is 1. The summed E-state index contributed by atoms with van der Waals surface area (Å²) in [4.78, 5) is 42.7. The maximum atomic E-state index is 12.6. The molecule has 0 radical (unpaired) electrons. The summed E-state index contributed by atoms with van der Waals surface area (Å²) in [6, 6.07) is 11.2. The molecule has 0 saturated carbocycles. The minimum absolute atomic E-state index is 0.0453. The third-order valence-corrected chi connectivity index (χ3v) is 4.57. The molecule has 2 aromatic heterocycles. The van der Waals surface area contributed by atoms with Crippen LogP contribution in [-0.2, 0) is 6.54 Å². The summed E-state index contributed by atoms with van der Waals surface area (Å²) in [5, 5.41) is 2.65. The van der Waals surface area contributed by atoms with E-state index in [9.17, 15) is 14.4 Å². The van der Waals surface area contributed by atoms with Crippen molar-refractivity contribution in [3.63, 3.8) is 0 Å². The number of fused-ring (bicyclic) bond motifs is 1. The van der Waals surface area contributed by atoms with Crippen LogP contribution >= 0.6 is 15.9 Å². The molecule has 3 amide bonds. The van der Waals surface area contributed by atoms with Gasteiger partial charge in [0.15, 0.2) is 0 Å². The van der Waals surface area contributed by atoms with Gasteiger partial charge < -0.3 is 9.73 Å². The summed E-state index contributed by atoms with van der Waals surface area (Å²) in [6.45, 7) is 0.0453. The van der Waals surface area contributed by atoms with Gasteiger partial charge in [0, 0.05) is 16.2 Å². The lowest BCUT2D eigenvalue weighted by molar-refractivity contribution is 0.0631. The highest BCUT2D eigenvalue weighted by atomic mass is 79.9. The standard InChI is InChI=1S/C19H12BrN3O4/c20-12-4-6-16(21-9-12)22-17(24)11-3-5-14-15(8-11)19(26)23(18(14)25)10-13-2-1-7-27-13/h1-9H,10H2,(H,21,22,24). The number of halogens is 1. The Morgan fingerprint density at radius 3 is 2.63 bits per heavy atom. The fraction of sp³-hybridized carbons (Fsp3) is 0.0526. The third kappa shape index (κ3) is 3.26. The van der Waals surface area contributed by atoms with E-state index in [0.29, 0.717) is 11.6 Å². The number of carbonyl (C=O) groups excluding carboxylic acids is 3. The van der Waals surface area contributed by atoms with Gasteiger partial charge in [-0.05, 0) is 58.4 Å². The number of rotatable bonds is 4. The molecule has 0 fully saturated rings. The lowest BCUT2D eigenvalue weighted by atomic mass is 10.1. The Labute approximate surface area is 162 Å². The van der Waals surface area contributed by atoms with Crippen molar-refractivity contribution in [2.75, 3.05) is 5.32 Å². The number of hydrogen-bond acceptors (Lipinski definition) is 5. The van der Waals surface area contributed by atoms with Gasteiger partial charge in [-0.15, -0.1) is 0 Å². The zero-order valence-electron chi connectivity index (χ0n) is 13.8. The van der Waals surface area contributed by atoms with Crippen LogP contribution in [0.3, 0.4) is 0 Å². The van der Waals surface area contributed by atoms with Crippen molar-refractivity contribution in [3.05, 3.63) is 81.8 Å². The van der Waals surface area contributed by atoms with Crippen molar-refractivity contribution < 1.29 is 18.8 Å². The molecular weight excluding hydrogens is 414 g/mol. The molecule has 0 saturated heterocycles. The summed E-state index contributed by atoms with van der Waals surface area (Å²) in [5.41, 5.74) is 0.729. The monoisotopic (exact) mass is 425 g/mol. The number of amides is 3. The Morgan fingerprint density at radius 1 is 1.11 bits per heavy atom. The zero-order chi connectivity index (χ0) is 19.0. The summed E-state index contributed by atoms with van der Waals surface area (Å²) in [7, 11) is 0. The first-order chi connectivity index (χ1) is 13.0. The first-order valence-corrected chi connectivity index (χ1v) is 8.78. The van der Waals surface area contributed by atoms with Crippen LogP contribution in [0.4, 0.5) is 5.82 Å². The predicted octanol–water partition coefficient (Wildman–Crippen LogP) is 3.49. The number of nitrogens with one attached hydrogen (secondary N) is 1. The fourth-order valence-corrected chi connectivity index (χ4v) is 3.01. The molecule has 27 heavy (non-hydrogen) atoms. The smallest absolute Gasteiger partial charge is 0.261 e. The SMILES string of the molecule is O=C(Nc1ccc(Br)cn1)c1ccc2c(c1)C(=O)N(Cc1ccco1)C2=O. The second-order valence-corrected chi connectivity index (χ2v) is 6.77.